The molecular weight excluding hydrogens is 318 g/mol. The molecular formula is C16H17NO5S. The standard InChI is InChI=1S/C16H14O5S.H3N/c1-22(18,19)16-7-6-11-8-15(16)21-14-5-3-2-4-12(14)9-20-10-13(11)17;/h2-8H,9-10H2,1H3;1H3. The van der Waals surface area contributed by atoms with E-state index >= 15 is 0 Å². The van der Waals surface area contributed by atoms with E-state index in [0.717, 1.165) is 11.8 Å². The fourth-order valence-corrected chi connectivity index (χ4v) is 3.03. The average Bonchev–Trinajstić information content (AvgIpc) is 2.47. The Bertz CT molecular complexity index is 845. The van der Waals surface area contributed by atoms with E-state index in [2.05, 4.69) is 0 Å². The SMILES string of the molecule is CS(=O)(=O)c1ccc2cc1Oc1ccccc1COCC2=O.N. The molecule has 0 spiro atoms. The van der Waals surface area contributed by atoms with Crippen molar-refractivity contribution in [1.82, 2.24) is 6.15 Å². The lowest BCUT2D eigenvalue weighted by Gasteiger charge is -2.16. The van der Waals surface area contributed by atoms with Crippen LogP contribution in [-0.2, 0) is 21.2 Å². The van der Waals surface area contributed by atoms with Crippen LogP contribution in [-0.4, -0.2) is 27.1 Å². The maximum Gasteiger partial charge on any atom is 0.188 e. The van der Waals surface area contributed by atoms with Crippen LogP contribution in [0.1, 0.15) is 15.9 Å². The molecule has 0 aliphatic carbocycles. The minimum Gasteiger partial charge on any atom is -0.456 e. The van der Waals surface area contributed by atoms with E-state index in [1.165, 1.54) is 18.2 Å². The summed E-state index contributed by atoms with van der Waals surface area (Å²) in [4.78, 5) is 12.1. The molecule has 0 saturated carbocycles. The molecule has 0 unspecified atom stereocenters. The minimum atomic E-state index is -3.47. The molecule has 1 aliphatic rings. The minimum absolute atomic E-state index is 0. The van der Waals surface area contributed by atoms with Crippen molar-refractivity contribution >= 4 is 15.6 Å². The molecule has 0 amide bonds. The highest BCUT2D eigenvalue weighted by Gasteiger charge is 2.20. The van der Waals surface area contributed by atoms with E-state index in [1.807, 2.05) is 12.1 Å². The molecule has 6 nitrogen and oxygen atoms in total. The number of hydrogen-bond acceptors (Lipinski definition) is 6. The molecule has 7 heteroatoms. The zero-order valence-corrected chi connectivity index (χ0v) is 13.4. The van der Waals surface area contributed by atoms with Gasteiger partial charge < -0.3 is 15.6 Å². The number of ether oxygens (including phenoxy) is 2. The van der Waals surface area contributed by atoms with Gasteiger partial charge in [0.2, 0.25) is 0 Å². The first-order chi connectivity index (χ1) is 10.4. The van der Waals surface area contributed by atoms with Crippen LogP contribution in [0, 0.1) is 0 Å². The van der Waals surface area contributed by atoms with Gasteiger partial charge in [0.05, 0.1) is 6.61 Å². The lowest BCUT2D eigenvalue weighted by molar-refractivity contribution is 0.0720. The number of para-hydroxylation sites is 1. The Hall–Kier alpha value is -2.22. The summed E-state index contributed by atoms with van der Waals surface area (Å²) in [7, 11) is -3.47. The molecule has 2 aromatic carbocycles. The molecule has 1 aliphatic heterocycles. The van der Waals surface area contributed by atoms with Gasteiger partial charge in [-0.15, -0.1) is 0 Å². The Kier molecular flexibility index (Phi) is 4.84. The van der Waals surface area contributed by atoms with Crippen molar-refractivity contribution in [2.24, 2.45) is 0 Å². The average molecular weight is 335 g/mol. The number of Topliss-reactive ketones (excluding diaryl/α,β-unsaturated/α-hetero) is 1. The molecule has 3 rings (SSSR count). The normalized spacial score (nSPS) is 14.2. The first-order valence-electron chi connectivity index (χ1n) is 6.66. The van der Waals surface area contributed by atoms with Crippen LogP contribution in [0.3, 0.4) is 0 Å². The Morgan fingerprint density at radius 2 is 1.74 bits per heavy atom. The Labute approximate surface area is 134 Å². The topological polar surface area (TPSA) is 105 Å². The summed E-state index contributed by atoms with van der Waals surface area (Å²) in [5.74, 6) is 0.450. The second-order valence-corrected chi connectivity index (χ2v) is 7.04. The van der Waals surface area contributed by atoms with Crippen LogP contribution in [0.4, 0.5) is 0 Å². The second kappa shape index (κ2) is 6.49. The highest BCUT2D eigenvalue weighted by atomic mass is 32.2. The zero-order valence-electron chi connectivity index (χ0n) is 12.6. The summed E-state index contributed by atoms with van der Waals surface area (Å²) in [5.41, 5.74) is 1.11. The third-order valence-electron chi connectivity index (χ3n) is 3.35. The van der Waals surface area contributed by atoms with Gasteiger partial charge in [-0.1, -0.05) is 18.2 Å². The molecule has 0 atom stereocenters. The largest absolute Gasteiger partial charge is 0.456 e. The number of fused-ring (bicyclic) bond motifs is 3. The van der Waals surface area contributed by atoms with Crippen molar-refractivity contribution in [2.75, 3.05) is 12.9 Å². The van der Waals surface area contributed by atoms with Crippen molar-refractivity contribution in [1.29, 1.82) is 0 Å². The van der Waals surface area contributed by atoms with Crippen molar-refractivity contribution in [3.05, 3.63) is 53.6 Å². The summed E-state index contributed by atoms with van der Waals surface area (Å²) in [6, 6.07) is 11.5. The van der Waals surface area contributed by atoms with Gasteiger partial charge in [0.1, 0.15) is 23.0 Å². The summed E-state index contributed by atoms with van der Waals surface area (Å²) in [6.45, 7) is 0.159. The number of rotatable bonds is 1. The van der Waals surface area contributed by atoms with Crippen molar-refractivity contribution < 1.29 is 22.7 Å². The highest BCUT2D eigenvalue weighted by molar-refractivity contribution is 7.90. The fraction of sp³-hybridized carbons (Fsp3) is 0.188. The summed E-state index contributed by atoms with van der Waals surface area (Å²) in [6.07, 6.45) is 1.11. The molecule has 0 radical (unpaired) electrons. The van der Waals surface area contributed by atoms with E-state index in [0.29, 0.717) is 11.3 Å². The second-order valence-electron chi connectivity index (χ2n) is 5.06. The monoisotopic (exact) mass is 335 g/mol. The molecule has 3 N–H and O–H groups in total. The molecule has 0 fully saturated rings. The van der Waals surface area contributed by atoms with Gasteiger partial charge in [0.15, 0.2) is 15.6 Å². The van der Waals surface area contributed by atoms with Crippen LogP contribution < -0.4 is 10.9 Å². The van der Waals surface area contributed by atoms with Gasteiger partial charge in [-0.25, -0.2) is 8.42 Å². The molecule has 122 valence electrons. The third-order valence-corrected chi connectivity index (χ3v) is 4.48. The smallest absolute Gasteiger partial charge is 0.188 e. The predicted octanol–water partition coefficient (Wildman–Crippen LogP) is 2.76. The molecule has 2 aromatic rings. The number of carbonyl (C=O) groups is 1. The number of benzene rings is 2. The van der Waals surface area contributed by atoms with Crippen LogP contribution >= 0.6 is 0 Å². The van der Waals surface area contributed by atoms with Gasteiger partial charge >= 0.3 is 0 Å². The first-order valence-corrected chi connectivity index (χ1v) is 8.55. The van der Waals surface area contributed by atoms with E-state index in [9.17, 15) is 13.2 Å². The molecule has 0 saturated heterocycles. The first kappa shape index (κ1) is 17.1. The third kappa shape index (κ3) is 3.58. The van der Waals surface area contributed by atoms with Gasteiger partial charge in [-0.3, -0.25) is 4.79 Å². The van der Waals surface area contributed by atoms with Gasteiger partial charge in [0.25, 0.3) is 0 Å². The van der Waals surface area contributed by atoms with Crippen LogP contribution in [0.5, 0.6) is 11.5 Å². The highest BCUT2D eigenvalue weighted by Crippen LogP contribution is 2.33. The van der Waals surface area contributed by atoms with Gasteiger partial charge in [-0.05, 0) is 24.3 Å². The number of hydrogen-bond donors (Lipinski definition) is 1. The lowest BCUT2D eigenvalue weighted by Crippen LogP contribution is -2.12. The van der Waals surface area contributed by atoms with Crippen LogP contribution in [0.25, 0.3) is 0 Å². The summed E-state index contributed by atoms with van der Waals surface area (Å²) in [5, 5.41) is 0. The van der Waals surface area contributed by atoms with Gasteiger partial charge in [-0.2, -0.15) is 0 Å². The Morgan fingerprint density at radius 3 is 2.48 bits per heavy atom. The fourth-order valence-electron chi connectivity index (χ4n) is 2.25. The molecule has 1 heterocycles. The van der Waals surface area contributed by atoms with E-state index in [4.69, 9.17) is 9.47 Å². The van der Waals surface area contributed by atoms with Crippen molar-refractivity contribution in [2.45, 2.75) is 11.5 Å². The number of carbonyl (C=O) groups excluding carboxylic acids is 1. The Balaban J connectivity index is 0.00000192. The Morgan fingerprint density at radius 1 is 1.00 bits per heavy atom. The van der Waals surface area contributed by atoms with Crippen LogP contribution in [0.2, 0.25) is 0 Å². The zero-order chi connectivity index (χ0) is 15.7. The van der Waals surface area contributed by atoms with E-state index in [-0.39, 0.29) is 35.8 Å². The number of ketones is 1. The van der Waals surface area contributed by atoms with Crippen molar-refractivity contribution in [3.8, 4) is 11.5 Å². The van der Waals surface area contributed by atoms with Crippen molar-refractivity contribution in [3.63, 3.8) is 0 Å². The van der Waals surface area contributed by atoms with Crippen LogP contribution in [0.15, 0.2) is 47.4 Å². The van der Waals surface area contributed by atoms with E-state index < -0.39 is 9.84 Å². The molecule has 2 bridgehead atoms. The summed E-state index contributed by atoms with van der Waals surface area (Å²) < 4.78 is 35.0. The van der Waals surface area contributed by atoms with Gasteiger partial charge in [0, 0.05) is 17.4 Å². The summed E-state index contributed by atoms with van der Waals surface area (Å²) >= 11 is 0. The maximum atomic E-state index is 12.0. The lowest BCUT2D eigenvalue weighted by atomic mass is 10.1. The quantitative estimate of drug-likeness (QED) is 0.859. The molecule has 0 aromatic heterocycles. The number of sulfone groups is 1. The maximum absolute atomic E-state index is 12.0. The predicted molar refractivity (Wildman–Crippen MR) is 85.1 cm³/mol. The molecule has 23 heavy (non-hydrogen) atoms. The van der Waals surface area contributed by atoms with E-state index in [1.54, 1.807) is 12.1 Å².